The summed E-state index contributed by atoms with van der Waals surface area (Å²) in [6.45, 7) is 7.27. The molecular formula is C25H35FN4O2. The molecule has 2 aromatic carbocycles. The first-order valence-corrected chi connectivity index (χ1v) is 11.4. The number of hydrogen-bond donors (Lipinski definition) is 3. The lowest BCUT2D eigenvalue weighted by molar-refractivity contribution is 0.145. The van der Waals surface area contributed by atoms with Crippen LogP contribution in [-0.2, 0) is 13.0 Å². The number of aliphatic hydroxyl groups is 1. The number of nitrogens with one attached hydrogen (secondary N) is 2. The average molecular weight is 443 g/mol. The zero-order valence-corrected chi connectivity index (χ0v) is 19.3. The minimum atomic E-state index is -0.270. The van der Waals surface area contributed by atoms with Crippen LogP contribution in [0.25, 0.3) is 0 Å². The third-order valence-corrected chi connectivity index (χ3v) is 5.76. The van der Waals surface area contributed by atoms with E-state index in [-0.39, 0.29) is 11.9 Å². The largest absolute Gasteiger partial charge is 0.496 e. The fourth-order valence-electron chi connectivity index (χ4n) is 3.87. The molecular weight excluding hydrogens is 407 g/mol. The van der Waals surface area contributed by atoms with E-state index in [0.29, 0.717) is 44.1 Å². The maximum atomic E-state index is 14.7. The summed E-state index contributed by atoms with van der Waals surface area (Å²) in [4.78, 5) is 6.61. The van der Waals surface area contributed by atoms with Gasteiger partial charge in [-0.25, -0.2) is 9.38 Å². The number of methoxy groups -OCH3 is 1. The molecule has 3 rings (SSSR count). The van der Waals surface area contributed by atoms with Crippen LogP contribution in [0.1, 0.15) is 36.5 Å². The summed E-state index contributed by atoms with van der Waals surface area (Å²) < 4.78 is 20.1. The van der Waals surface area contributed by atoms with Crippen molar-refractivity contribution in [1.82, 2.24) is 10.6 Å². The fourth-order valence-corrected chi connectivity index (χ4v) is 3.87. The van der Waals surface area contributed by atoms with Crippen LogP contribution in [-0.4, -0.2) is 50.5 Å². The Bertz CT molecular complexity index is 911. The molecule has 1 aliphatic heterocycles. The van der Waals surface area contributed by atoms with Crippen LogP contribution in [0.15, 0.2) is 41.4 Å². The van der Waals surface area contributed by atoms with Crippen molar-refractivity contribution in [2.45, 2.75) is 45.8 Å². The van der Waals surface area contributed by atoms with Gasteiger partial charge in [-0.1, -0.05) is 18.2 Å². The molecule has 3 N–H and O–H groups in total. The van der Waals surface area contributed by atoms with Gasteiger partial charge in [-0.2, -0.15) is 0 Å². The van der Waals surface area contributed by atoms with Gasteiger partial charge in [0.05, 0.1) is 25.4 Å². The minimum absolute atomic E-state index is 0.236. The highest BCUT2D eigenvalue weighted by molar-refractivity contribution is 5.79. The Morgan fingerprint density at radius 2 is 1.91 bits per heavy atom. The van der Waals surface area contributed by atoms with Gasteiger partial charge < -0.3 is 25.4 Å². The molecule has 0 bridgehead atoms. The van der Waals surface area contributed by atoms with E-state index in [9.17, 15) is 9.50 Å². The maximum Gasteiger partial charge on any atom is 0.191 e. The van der Waals surface area contributed by atoms with Crippen molar-refractivity contribution in [3.05, 3.63) is 58.9 Å². The van der Waals surface area contributed by atoms with E-state index in [4.69, 9.17) is 4.74 Å². The van der Waals surface area contributed by atoms with Crippen molar-refractivity contribution in [1.29, 1.82) is 0 Å². The number of aliphatic hydroxyl groups excluding tert-OH is 1. The Morgan fingerprint density at radius 3 is 2.59 bits per heavy atom. The zero-order chi connectivity index (χ0) is 22.9. The summed E-state index contributed by atoms with van der Waals surface area (Å²) in [5, 5.41) is 16.2. The number of piperidine rings is 1. The minimum Gasteiger partial charge on any atom is -0.496 e. The number of rotatable bonds is 8. The van der Waals surface area contributed by atoms with Gasteiger partial charge in [-0.05, 0) is 68.0 Å². The number of halogens is 1. The number of aliphatic imine (C=N–C) groups is 1. The predicted octanol–water partition coefficient (Wildman–Crippen LogP) is 3.40. The molecule has 7 heteroatoms. The number of aryl methyl sites for hydroxylation is 1. The van der Waals surface area contributed by atoms with Gasteiger partial charge in [0.25, 0.3) is 0 Å². The van der Waals surface area contributed by atoms with E-state index >= 15 is 0 Å². The lowest BCUT2D eigenvalue weighted by atomic mass is 10.1. The van der Waals surface area contributed by atoms with Crippen molar-refractivity contribution in [3.8, 4) is 5.75 Å². The van der Waals surface area contributed by atoms with Crippen molar-refractivity contribution in [3.63, 3.8) is 0 Å². The quantitative estimate of drug-likeness (QED) is 0.432. The Morgan fingerprint density at radius 1 is 1.16 bits per heavy atom. The molecule has 0 aromatic heterocycles. The van der Waals surface area contributed by atoms with Crippen LogP contribution in [0.5, 0.6) is 5.75 Å². The number of ether oxygens (including phenoxy) is 1. The number of anilines is 1. The van der Waals surface area contributed by atoms with Gasteiger partial charge in [0.1, 0.15) is 11.6 Å². The van der Waals surface area contributed by atoms with Gasteiger partial charge in [-0.15, -0.1) is 0 Å². The monoisotopic (exact) mass is 442 g/mol. The van der Waals surface area contributed by atoms with Gasteiger partial charge in [-0.3, -0.25) is 0 Å². The third-order valence-electron chi connectivity index (χ3n) is 5.76. The topological polar surface area (TPSA) is 69.1 Å². The van der Waals surface area contributed by atoms with Gasteiger partial charge in [0.15, 0.2) is 5.96 Å². The molecule has 32 heavy (non-hydrogen) atoms. The molecule has 0 atom stereocenters. The van der Waals surface area contributed by atoms with Crippen LogP contribution in [0, 0.1) is 12.7 Å². The highest BCUT2D eigenvalue weighted by atomic mass is 19.1. The zero-order valence-electron chi connectivity index (χ0n) is 19.3. The van der Waals surface area contributed by atoms with E-state index in [2.05, 4.69) is 33.8 Å². The van der Waals surface area contributed by atoms with E-state index in [1.165, 1.54) is 5.56 Å². The lowest BCUT2D eigenvalue weighted by Gasteiger charge is -2.31. The predicted molar refractivity (Wildman–Crippen MR) is 128 cm³/mol. The normalized spacial score (nSPS) is 15.0. The van der Waals surface area contributed by atoms with E-state index < -0.39 is 0 Å². The summed E-state index contributed by atoms with van der Waals surface area (Å²) in [5.74, 6) is 1.37. The number of guanidine groups is 1. The summed E-state index contributed by atoms with van der Waals surface area (Å²) in [6.07, 6.45) is 1.93. The average Bonchev–Trinajstić information content (AvgIpc) is 2.79. The Labute approximate surface area is 190 Å². The van der Waals surface area contributed by atoms with Gasteiger partial charge in [0, 0.05) is 26.2 Å². The van der Waals surface area contributed by atoms with Crippen molar-refractivity contribution < 1.29 is 14.2 Å². The summed E-state index contributed by atoms with van der Waals surface area (Å²) in [6, 6.07) is 11.5. The second-order valence-corrected chi connectivity index (χ2v) is 8.18. The first-order chi connectivity index (χ1) is 15.5. The first kappa shape index (κ1) is 23.9. The van der Waals surface area contributed by atoms with Gasteiger partial charge >= 0.3 is 0 Å². The second kappa shape index (κ2) is 11.7. The first-order valence-electron chi connectivity index (χ1n) is 11.4. The molecule has 1 fully saturated rings. The molecule has 1 aliphatic rings. The molecule has 1 saturated heterocycles. The molecule has 174 valence electrons. The maximum absolute atomic E-state index is 14.7. The van der Waals surface area contributed by atoms with E-state index in [1.54, 1.807) is 13.2 Å². The smallest absolute Gasteiger partial charge is 0.191 e. The Balaban J connectivity index is 1.56. The van der Waals surface area contributed by atoms with Gasteiger partial charge in [0.2, 0.25) is 0 Å². The highest BCUT2D eigenvalue weighted by Gasteiger charge is 2.19. The van der Waals surface area contributed by atoms with Crippen LogP contribution < -0.4 is 20.3 Å². The SMILES string of the molecule is CCNC(=NCc1ccc(N2CCC(O)CC2)c(F)c1)NCCc1ccc(C)c(OC)c1. The molecule has 0 unspecified atom stereocenters. The van der Waals surface area contributed by atoms with Crippen molar-refractivity contribution in [2.75, 3.05) is 38.2 Å². The summed E-state index contributed by atoms with van der Waals surface area (Å²) in [5.41, 5.74) is 3.74. The third kappa shape index (κ3) is 6.60. The van der Waals surface area contributed by atoms with E-state index in [1.807, 2.05) is 30.9 Å². The molecule has 0 amide bonds. The number of nitrogens with zero attached hydrogens (tertiary/aromatic N) is 2. The lowest BCUT2D eigenvalue weighted by Crippen LogP contribution is -2.38. The summed E-state index contributed by atoms with van der Waals surface area (Å²) in [7, 11) is 1.69. The van der Waals surface area contributed by atoms with Crippen LogP contribution >= 0.6 is 0 Å². The van der Waals surface area contributed by atoms with Crippen LogP contribution in [0.2, 0.25) is 0 Å². The van der Waals surface area contributed by atoms with Crippen molar-refractivity contribution >= 4 is 11.6 Å². The molecule has 2 aromatic rings. The molecule has 6 nitrogen and oxygen atoms in total. The summed E-state index contributed by atoms with van der Waals surface area (Å²) >= 11 is 0. The Kier molecular flexibility index (Phi) is 8.73. The molecule has 1 heterocycles. The van der Waals surface area contributed by atoms with Crippen LogP contribution in [0.4, 0.5) is 10.1 Å². The molecule has 0 radical (unpaired) electrons. The van der Waals surface area contributed by atoms with E-state index in [0.717, 1.165) is 36.4 Å². The second-order valence-electron chi connectivity index (χ2n) is 8.18. The van der Waals surface area contributed by atoms with Crippen LogP contribution in [0.3, 0.4) is 0 Å². The Hall–Kier alpha value is -2.80. The molecule has 0 aliphatic carbocycles. The fraction of sp³-hybridized carbons (Fsp3) is 0.480. The number of hydrogen-bond acceptors (Lipinski definition) is 4. The molecule has 0 saturated carbocycles. The van der Waals surface area contributed by atoms with Crippen molar-refractivity contribution in [2.24, 2.45) is 4.99 Å². The highest BCUT2D eigenvalue weighted by Crippen LogP contribution is 2.24. The molecule has 0 spiro atoms. The number of benzene rings is 2. The standard InChI is InChI=1S/C25H35FN4O2/c1-4-27-25(28-12-9-19-6-5-18(2)24(16-19)32-3)29-17-20-7-8-23(22(26)15-20)30-13-10-21(31)11-14-30/h5-8,15-16,21,31H,4,9-14,17H2,1-3H3,(H2,27,28,29).